The normalized spacial score (nSPS) is 25.9. The highest BCUT2D eigenvalue weighted by atomic mass is 32.2. The topological polar surface area (TPSA) is 82.7 Å². The number of H-pyrrole nitrogens is 1. The molecule has 27 heavy (non-hydrogen) atoms. The van der Waals surface area contributed by atoms with E-state index in [0.717, 1.165) is 24.1 Å². The molecule has 1 aromatic heterocycles. The molecular formula is C19H29N3O4S. The highest BCUT2D eigenvalue weighted by Gasteiger charge is 2.47. The molecule has 0 radical (unpaired) electrons. The Bertz CT molecular complexity index is 828. The third-order valence-corrected chi connectivity index (χ3v) is 8.39. The van der Waals surface area contributed by atoms with Crippen LogP contribution in [0.3, 0.4) is 0 Å². The van der Waals surface area contributed by atoms with Crippen LogP contribution in [0.5, 0.6) is 0 Å². The van der Waals surface area contributed by atoms with Crippen LogP contribution in [0.4, 0.5) is 0 Å². The number of morpholine rings is 1. The number of fused-ring (bicyclic) bond motifs is 1. The Morgan fingerprint density at radius 2 is 2.22 bits per heavy atom. The number of carbonyl (C=O) groups excluding carboxylic acids is 1. The van der Waals surface area contributed by atoms with Gasteiger partial charge in [-0.15, -0.1) is 0 Å². The van der Waals surface area contributed by atoms with Crippen LogP contribution < -0.4 is 0 Å². The van der Waals surface area contributed by atoms with Gasteiger partial charge in [0.2, 0.25) is 5.91 Å². The van der Waals surface area contributed by atoms with E-state index >= 15 is 0 Å². The van der Waals surface area contributed by atoms with Crippen LogP contribution >= 0.6 is 0 Å². The van der Waals surface area contributed by atoms with Gasteiger partial charge >= 0.3 is 0 Å². The van der Waals surface area contributed by atoms with Crippen molar-refractivity contribution in [2.45, 2.75) is 62.1 Å². The first kappa shape index (κ1) is 19.0. The van der Waals surface area contributed by atoms with Gasteiger partial charge in [-0.2, -0.15) is 0 Å². The fourth-order valence-corrected chi connectivity index (χ4v) is 6.02. The molecule has 1 spiro atoms. The van der Waals surface area contributed by atoms with Crippen LogP contribution in [-0.4, -0.2) is 73.2 Å². The Labute approximate surface area is 161 Å². The van der Waals surface area contributed by atoms with Crippen molar-refractivity contribution in [2.75, 3.05) is 32.5 Å². The third-order valence-electron chi connectivity index (χ3n) is 6.61. The zero-order valence-corrected chi connectivity index (χ0v) is 17.0. The zero-order chi connectivity index (χ0) is 19.2. The maximum Gasteiger partial charge on any atom is 0.224 e. The molecule has 3 aliphatic rings. The predicted octanol–water partition coefficient (Wildman–Crippen LogP) is 1.34. The van der Waals surface area contributed by atoms with Crippen molar-refractivity contribution in [3.63, 3.8) is 0 Å². The summed E-state index contributed by atoms with van der Waals surface area (Å²) in [6.45, 7) is 4.73. The molecule has 1 saturated heterocycles. The monoisotopic (exact) mass is 395 g/mol. The van der Waals surface area contributed by atoms with Gasteiger partial charge in [-0.25, -0.2) is 8.42 Å². The van der Waals surface area contributed by atoms with Crippen LogP contribution in [0, 0.1) is 0 Å². The molecule has 4 rings (SSSR count). The Hall–Kier alpha value is -1.38. The second kappa shape index (κ2) is 6.90. The fraction of sp³-hybridized carbons (Fsp3) is 0.737. The molecular weight excluding hydrogens is 366 g/mol. The highest BCUT2D eigenvalue weighted by Crippen LogP contribution is 2.42. The van der Waals surface area contributed by atoms with Gasteiger partial charge in [0.05, 0.1) is 29.8 Å². The molecule has 0 bridgehead atoms. The Morgan fingerprint density at radius 1 is 1.44 bits per heavy atom. The molecule has 2 aliphatic heterocycles. The average molecular weight is 396 g/mol. The number of ether oxygens (including phenoxy) is 1. The van der Waals surface area contributed by atoms with Crippen LogP contribution in [-0.2, 0) is 32.3 Å². The first-order valence-electron chi connectivity index (χ1n) is 9.87. The number of nitrogens with zero attached hydrogens (tertiary/aromatic N) is 2. The Kier molecular flexibility index (Phi) is 4.84. The lowest BCUT2D eigenvalue weighted by molar-refractivity contribution is -0.157. The number of amides is 1. The minimum atomic E-state index is -3.11. The van der Waals surface area contributed by atoms with Gasteiger partial charge in [-0.3, -0.25) is 9.69 Å². The summed E-state index contributed by atoms with van der Waals surface area (Å²) in [6, 6.07) is 0. The summed E-state index contributed by atoms with van der Waals surface area (Å²) in [5.41, 5.74) is 2.01. The molecule has 7 nitrogen and oxygen atoms in total. The number of nitrogens with one attached hydrogen (secondary N) is 1. The van der Waals surface area contributed by atoms with E-state index in [-0.39, 0.29) is 23.3 Å². The van der Waals surface area contributed by atoms with Gasteiger partial charge in [-0.1, -0.05) is 0 Å². The predicted molar refractivity (Wildman–Crippen MR) is 101 cm³/mol. The van der Waals surface area contributed by atoms with Gasteiger partial charge in [0.25, 0.3) is 0 Å². The van der Waals surface area contributed by atoms with Crippen molar-refractivity contribution in [1.29, 1.82) is 0 Å². The molecule has 8 heteroatoms. The Morgan fingerprint density at radius 3 is 2.89 bits per heavy atom. The van der Waals surface area contributed by atoms with Gasteiger partial charge < -0.3 is 14.6 Å². The summed E-state index contributed by atoms with van der Waals surface area (Å²) in [6.07, 6.45) is 5.93. The fourth-order valence-electron chi connectivity index (χ4n) is 4.49. The van der Waals surface area contributed by atoms with E-state index in [2.05, 4.69) is 9.88 Å². The zero-order valence-electron chi connectivity index (χ0n) is 16.2. The molecule has 1 N–H and O–H groups in total. The molecule has 1 aromatic rings. The van der Waals surface area contributed by atoms with Crippen LogP contribution in [0.25, 0.3) is 0 Å². The maximum atomic E-state index is 12.3. The van der Waals surface area contributed by atoms with E-state index in [1.807, 2.05) is 14.0 Å². The van der Waals surface area contributed by atoms with Crippen molar-refractivity contribution in [3.05, 3.63) is 17.5 Å². The number of aromatic nitrogens is 1. The summed E-state index contributed by atoms with van der Waals surface area (Å²) >= 11 is 0. The van der Waals surface area contributed by atoms with Crippen molar-refractivity contribution in [3.8, 4) is 0 Å². The molecule has 1 amide bonds. The van der Waals surface area contributed by atoms with E-state index in [1.165, 1.54) is 6.42 Å². The lowest BCUT2D eigenvalue weighted by Crippen LogP contribution is -2.62. The maximum absolute atomic E-state index is 12.3. The quantitative estimate of drug-likeness (QED) is 0.813. The molecule has 1 unspecified atom stereocenters. The minimum Gasteiger partial charge on any atom is -0.374 e. The standard InChI is InChI=1S/C19H29N3O4S/c1-3-21(2)18(23)9-14-11-22(19(13-26-14)6-4-7-19)12-16-15-5-8-27(24,25)17(15)10-20-16/h10,14,20H,3-9,11-13H2,1-2H3. The highest BCUT2D eigenvalue weighted by molar-refractivity contribution is 7.91. The average Bonchev–Trinajstić information content (AvgIpc) is 3.14. The lowest BCUT2D eigenvalue weighted by atomic mass is 9.74. The summed E-state index contributed by atoms with van der Waals surface area (Å²) < 4.78 is 30.3. The number of rotatable bonds is 5. The van der Waals surface area contributed by atoms with Gasteiger partial charge in [0.1, 0.15) is 0 Å². The van der Waals surface area contributed by atoms with Crippen LogP contribution in [0.1, 0.15) is 43.9 Å². The van der Waals surface area contributed by atoms with E-state index in [9.17, 15) is 13.2 Å². The van der Waals surface area contributed by atoms with E-state index < -0.39 is 9.84 Å². The van der Waals surface area contributed by atoms with Crippen molar-refractivity contribution in [2.24, 2.45) is 0 Å². The number of carbonyl (C=O) groups is 1. The summed E-state index contributed by atoms with van der Waals surface area (Å²) in [5, 5.41) is 0. The molecule has 1 saturated carbocycles. The van der Waals surface area contributed by atoms with E-state index in [1.54, 1.807) is 11.1 Å². The summed E-state index contributed by atoms with van der Waals surface area (Å²) in [4.78, 5) is 20.1. The number of hydrogen-bond acceptors (Lipinski definition) is 5. The number of sulfone groups is 1. The number of hydrogen-bond donors (Lipinski definition) is 1. The smallest absolute Gasteiger partial charge is 0.224 e. The van der Waals surface area contributed by atoms with Crippen LogP contribution in [0.2, 0.25) is 0 Å². The van der Waals surface area contributed by atoms with Crippen molar-refractivity contribution in [1.82, 2.24) is 14.8 Å². The van der Waals surface area contributed by atoms with Gasteiger partial charge in [0.15, 0.2) is 9.84 Å². The first-order chi connectivity index (χ1) is 12.8. The van der Waals surface area contributed by atoms with Crippen molar-refractivity contribution < 1.29 is 17.9 Å². The molecule has 2 fully saturated rings. The molecule has 1 aliphatic carbocycles. The molecule has 1 atom stereocenters. The largest absolute Gasteiger partial charge is 0.374 e. The second-order valence-electron chi connectivity index (χ2n) is 8.18. The Balaban J connectivity index is 1.50. The van der Waals surface area contributed by atoms with Gasteiger partial charge in [0, 0.05) is 44.1 Å². The van der Waals surface area contributed by atoms with Crippen LogP contribution in [0.15, 0.2) is 11.1 Å². The third kappa shape index (κ3) is 3.32. The molecule has 150 valence electrons. The molecule has 3 heterocycles. The van der Waals surface area contributed by atoms with E-state index in [0.29, 0.717) is 44.0 Å². The SMILES string of the molecule is CCN(C)C(=O)CC1CN(Cc2[nH]cc3c2CCS3(=O)=O)C2(CCC2)CO1. The van der Waals surface area contributed by atoms with E-state index in [4.69, 9.17) is 4.74 Å². The minimum absolute atomic E-state index is 0.0473. The second-order valence-corrected chi connectivity index (χ2v) is 10.3. The first-order valence-corrected chi connectivity index (χ1v) is 11.5. The summed E-state index contributed by atoms with van der Waals surface area (Å²) in [7, 11) is -1.29. The van der Waals surface area contributed by atoms with Gasteiger partial charge in [-0.05, 0) is 38.2 Å². The molecule has 0 aromatic carbocycles. The van der Waals surface area contributed by atoms with Crippen molar-refractivity contribution >= 4 is 15.7 Å². The lowest BCUT2D eigenvalue weighted by Gasteiger charge is -2.54. The summed E-state index contributed by atoms with van der Waals surface area (Å²) in [5.74, 6) is 0.326. The number of aromatic amines is 1.